The third-order valence-corrected chi connectivity index (χ3v) is 7.85. The van der Waals surface area contributed by atoms with E-state index in [9.17, 15) is 18.0 Å². The zero-order valence-corrected chi connectivity index (χ0v) is 18.1. The number of rotatable bonds is 5. The number of anilines is 1. The van der Waals surface area contributed by atoms with Crippen molar-refractivity contribution in [2.45, 2.75) is 31.6 Å². The molecular weight excluding hydrogens is 414 g/mol. The molecule has 1 aliphatic rings. The fourth-order valence-electron chi connectivity index (χ4n) is 3.05. The summed E-state index contributed by atoms with van der Waals surface area (Å²) >= 11 is 1.02. The van der Waals surface area contributed by atoms with Gasteiger partial charge in [0.2, 0.25) is 10.0 Å². The summed E-state index contributed by atoms with van der Waals surface area (Å²) in [5.41, 5.74) is 0.762. The Hall–Kier alpha value is -2.30. The molecule has 0 aliphatic carbocycles. The summed E-state index contributed by atoms with van der Waals surface area (Å²) in [7, 11) is -2.28. The average molecular weight is 438 g/mol. The van der Waals surface area contributed by atoms with Crippen molar-refractivity contribution < 1.29 is 22.7 Å². The topological polar surface area (TPSA) is 106 Å². The minimum absolute atomic E-state index is 0.168. The van der Waals surface area contributed by atoms with Gasteiger partial charge < -0.3 is 4.74 Å². The van der Waals surface area contributed by atoms with E-state index in [-0.39, 0.29) is 10.0 Å². The van der Waals surface area contributed by atoms with Gasteiger partial charge in [0.15, 0.2) is 5.13 Å². The monoisotopic (exact) mass is 437 g/mol. The summed E-state index contributed by atoms with van der Waals surface area (Å²) in [6.45, 7) is 4.80. The van der Waals surface area contributed by atoms with Crippen LogP contribution in [0, 0.1) is 12.8 Å². The quantitative estimate of drug-likeness (QED) is 0.721. The highest BCUT2D eigenvalue weighted by Gasteiger charge is 2.28. The van der Waals surface area contributed by atoms with Crippen LogP contribution in [0.15, 0.2) is 29.2 Å². The molecule has 1 saturated heterocycles. The van der Waals surface area contributed by atoms with Crippen LogP contribution in [0.2, 0.25) is 0 Å². The molecule has 29 heavy (non-hydrogen) atoms. The van der Waals surface area contributed by atoms with Gasteiger partial charge in [-0.05, 0) is 49.9 Å². The summed E-state index contributed by atoms with van der Waals surface area (Å²) < 4.78 is 31.7. The summed E-state index contributed by atoms with van der Waals surface area (Å²) in [6, 6.07) is 5.82. The van der Waals surface area contributed by atoms with E-state index in [4.69, 9.17) is 0 Å². The third-order valence-electron chi connectivity index (χ3n) is 4.88. The van der Waals surface area contributed by atoms with Crippen LogP contribution in [0.5, 0.6) is 0 Å². The SMILES string of the molecule is COC(=O)c1sc(NC(=O)c2ccc(S(=O)(=O)N3CCC(C)CC3)cc2)nc1C. The molecule has 156 valence electrons. The number of nitrogens with one attached hydrogen (secondary N) is 1. The molecule has 0 radical (unpaired) electrons. The second-order valence-electron chi connectivity index (χ2n) is 6.99. The Bertz CT molecular complexity index is 1010. The highest BCUT2D eigenvalue weighted by molar-refractivity contribution is 7.89. The first kappa shape index (κ1) is 21.4. The number of hydrogen-bond acceptors (Lipinski definition) is 7. The lowest BCUT2D eigenvalue weighted by Crippen LogP contribution is -2.37. The number of hydrogen-bond donors (Lipinski definition) is 1. The Labute approximate surface area is 173 Å². The van der Waals surface area contributed by atoms with Crippen molar-refractivity contribution in [2.75, 3.05) is 25.5 Å². The fourth-order valence-corrected chi connectivity index (χ4v) is 5.40. The van der Waals surface area contributed by atoms with Crippen LogP contribution in [0.25, 0.3) is 0 Å². The molecule has 1 fully saturated rings. The van der Waals surface area contributed by atoms with E-state index in [1.165, 1.54) is 35.7 Å². The number of aromatic nitrogens is 1. The summed E-state index contributed by atoms with van der Waals surface area (Å²) in [4.78, 5) is 28.8. The van der Waals surface area contributed by atoms with Gasteiger partial charge in [0.25, 0.3) is 5.91 Å². The highest BCUT2D eigenvalue weighted by atomic mass is 32.2. The van der Waals surface area contributed by atoms with Crippen molar-refractivity contribution in [1.82, 2.24) is 9.29 Å². The molecule has 1 N–H and O–H groups in total. The maximum atomic E-state index is 12.8. The number of aryl methyl sites for hydroxylation is 1. The normalized spacial score (nSPS) is 15.8. The van der Waals surface area contributed by atoms with Crippen LogP contribution >= 0.6 is 11.3 Å². The number of amides is 1. The maximum Gasteiger partial charge on any atom is 0.350 e. The smallest absolute Gasteiger partial charge is 0.350 e. The first-order valence-corrected chi connectivity index (χ1v) is 11.5. The number of carbonyl (C=O) groups excluding carboxylic acids is 2. The molecule has 1 aliphatic heterocycles. The number of methoxy groups -OCH3 is 1. The van der Waals surface area contributed by atoms with E-state index in [2.05, 4.69) is 22.0 Å². The van der Waals surface area contributed by atoms with E-state index in [0.717, 1.165) is 24.2 Å². The lowest BCUT2D eigenvalue weighted by molar-refractivity contribution is 0.0605. The van der Waals surface area contributed by atoms with Crippen LogP contribution in [-0.4, -0.2) is 49.8 Å². The van der Waals surface area contributed by atoms with Gasteiger partial charge >= 0.3 is 5.97 Å². The predicted octanol–water partition coefficient (Wildman–Crippen LogP) is 2.91. The molecule has 0 atom stereocenters. The summed E-state index contributed by atoms with van der Waals surface area (Å²) in [5.74, 6) is -0.421. The fraction of sp³-hybridized carbons (Fsp3) is 0.421. The summed E-state index contributed by atoms with van der Waals surface area (Å²) in [5, 5.41) is 2.90. The lowest BCUT2D eigenvalue weighted by atomic mass is 10.0. The Morgan fingerprint density at radius 2 is 1.83 bits per heavy atom. The second kappa shape index (κ2) is 8.60. The van der Waals surface area contributed by atoms with Crippen molar-refractivity contribution in [2.24, 2.45) is 5.92 Å². The van der Waals surface area contributed by atoms with E-state index in [0.29, 0.717) is 35.1 Å². The molecule has 0 spiro atoms. The van der Waals surface area contributed by atoms with Crippen LogP contribution in [-0.2, 0) is 14.8 Å². The van der Waals surface area contributed by atoms with E-state index < -0.39 is 21.9 Å². The van der Waals surface area contributed by atoms with Crippen LogP contribution in [0.4, 0.5) is 5.13 Å². The Morgan fingerprint density at radius 3 is 2.41 bits per heavy atom. The largest absolute Gasteiger partial charge is 0.465 e. The molecule has 10 heteroatoms. The van der Waals surface area contributed by atoms with Gasteiger partial charge in [0, 0.05) is 18.7 Å². The number of ether oxygens (including phenoxy) is 1. The number of sulfonamides is 1. The Morgan fingerprint density at radius 1 is 1.21 bits per heavy atom. The van der Waals surface area contributed by atoms with Gasteiger partial charge in [-0.1, -0.05) is 18.3 Å². The Kier molecular flexibility index (Phi) is 6.35. The molecule has 2 heterocycles. The van der Waals surface area contributed by atoms with Gasteiger partial charge in [-0.15, -0.1) is 0 Å². The van der Waals surface area contributed by atoms with Crippen molar-refractivity contribution >= 4 is 38.4 Å². The minimum Gasteiger partial charge on any atom is -0.465 e. The number of nitrogens with zero attached hydrogens (tertiary/aromatic N) is 2. The molecule has 0 bridgehead atoms. The standard InChI is InChI=1S/C19H23N3O5S2/c1-12-8-10-22(11-9-12)29(25,26)15-6-4-14(5-7-15)17(23)21-19-20-13(2)16(28-19)18(24)27-3/h4-7,12H,8-11H2,1-3H3,(H,20,21,23). The highest BCUT2D eigenvalue weighted by Crippen LogP contribution is 2.25. The first-order valence-electron chi connectivity index (χ1n) is 9.19. The summed E-state index contributed by atoms with van der Waals surface area (Å²) in [6.07, 6.45) is 1.70. The van der Waals surface area contributed by atoms with Crippen LogP contribution < -0.4 is 5.32 Å². The van der Waals surface area contributed by atoms with Crippen molar-refractivity contribution in [3.05, 3.63) is 40.4 Å². The van der Waals surface area contributed by atoms with E-state index in [1.807, 2.05) is 0 Å². The molecule has 0 unspecified atom stereocenters. The van der Waals surface area contributed by atoms with E-state index >= 15 is 0 Å². The van der Waals surface area contributed by atoms with Crippen LogP contribution in [0.3, 0.4) is 0 Å². The van der Waals surface area contributed by atoms with Crippen molar-refractivity contribution in [1.29, 1.82) is 0 Å². The number of esters is 1. The minimum atomic E-state index is -3.56. The maximum absolute atomic E-state index is 12.8. The van der Waals surface area contributed by atoms with Gasteiger partial charge in [0.05, 0.1) is 17.7 Å². The van der Waals surface area contributed by atoms with Gasteiger partial charge in [-0.25, -0.2) is 18.2 Å². The van der Waals surface area contributed by atoms with E-state index in [1.54, 1.807) is 6.92 Å². The third kappa shape index (κ3) is 4.65. The van der Waals surface area contributed by atoms with Crippen LogP contribution in [0.1, 0.15) is 45.5 Å². The zero-order chi connectivity index (χ0) is 21.2. The molecule has 8 nitrogen and oxygen atoms in total. The van der Waals surface area contributed by atoms with Crippen molar-refractivity contribution in [3.8, 4) is 0 Å². The zero-order valence-electron chi connectivity index (χ0n) is 16.5. The molecular formula is C19H23N3O5S2. The molecule has 1 amide bonds. The first-order chi connectivity index (χ1) is 13.7. The molecule has 0 saturated carbocycles. The molecule has 1 aromatic carbocycles. The predicted molar refractivity (Wildman–Crippen MR) is 110 cm³/mol. The Balaban J connectivity index is 1.71. The molecule has 2 aromatic rings. The second-order valence-corrected chi connectivity index (χ2v) is 9.93. The number of thiazole rings is 1. The molecule has 1 aromatic heterocycles. The number of carbonyl (C=O) groups is 2. The van der Waals surface area contributed by atoms with Gasteiger partial charge in [-0.3, -0.25) is 10.1 Å². The average Bonchev–Trinajstić information content (AvgIpc) is 3.07. The lowest BCUT2D eigenvalue weighted by Gasteiger charge is -2.29. The number of benzene rings is 1. The van der Waals surface area contributed by atoms with Gasteiger partial charge in [-0.2, -0.15) is 4.31 Å². The molecule has 3 rings (SSSR count). The van der Waals surface area contributed by atoms with Gasteiger partial charge in [0.1, 0.15) is 4.88 Å². The van der Waals surface area contributed by atoms with Crippen molar-refractivity contribution in [3.63, 3.8) is 0 Å². The number of piperidine rings is 1.